The Bertz CT molecular complexity index is 1000. The van der Waals surface area contributed by atoms with Gasteiger partial charge < -0.3 is 15.4 Å². The molecule has 0 spiro atoms. The summed E-state index contributed by atoms with van der Waals surface area (Å²) in [6.45, 7) is 4.34. The highest BCUT2D eigenvalue weighted by Crippen LogP contribution is 2.11. The van der Waals surface area contributed by atoms with Crippen LogP contribution in [-0.2, 0) is 27.3 Å². The Morgan fingerprint density at radius 2 is 1.87 bits per heavy atom. The highest BCUT2D eigenvalue weighted by Gasteiger charge is 2.24. The Kier molecular flexibility index (Phi) is 6.95. The largest absolute Gasteiger partial charge is 0.467 e. The minimum atomic E-state index is -0.676. The molecule has 0 radical (unpaired) electrons. The number of esters is 1. The average Bonchev–Trinajstić information content (AvgIpc) is 3.16. The number of methoxy groups -OCH3 is 1. The number of amides is 1. The number of anilines is 1. The van der Waals surface area contributed by atoms with Gasteiger partial charge in [-0.2, -0.15) is 4.52 Å². The maximum absolute atomic E-state index is 12.3. The number of aromatic nitrogens is 4. The number of aryl methyl sites for hydroxylation is 1. The molecular formula is C21H26N6O3. The molecular weight excluding hydrogens is 384 g/mol. The lowest BCUT2D eigenvalue weighted by molar-refractivity contribution is -0.146. The van der Waals surface area contributed by atoms with Gasteiger partial charge in [-0.25, -0.2) is 4.79 Å². The van der Waals surface area contributed by atoms with Crippen molar-refractivity contribution in [2.45, 2.75) is 39.3 Å². The number of benzene rings is 1. The minimum absolute atomic E-state index is 0.0739. The number of carbonyl (C=O) groups is 2. The molecule has 1 amide bonds. The highest BCUT2D eigenvalue weighted by molar-refractivity contribution is 5.84. The molecule has 0 aliphatic rings. The lowest BCUT2D eigenvalue weighted by Crippen LogP contribution is -2.45. The fraction of sp³-hybridized carbons (Fsp3) is 0.381. The number of nitrogens with one attached hydrogen (secondary N) is 2. The molecule has 2 N–H and O–H groups in total. The normalized spacial score (nSPS) is 12.0. The van der Waals surface area contributed by atoms with Gasteiger partial charge in [-0.3, -0.25) is 4.79 Å². The molecule has 30 heavy (non-hydrogen) atoms. The standard InChI is InChI=1S/C21H26N6O3/c1-14(2)20(21(29)30-3)23-19(28)12-11-18-25-24-17-10-9-16(26-27(17)18)22-13-15-7-5-4-6-8-15/h4-10,14,20H,11-13H2,1-3H3,(H,22,26)(H,23,28). The van der Waals surface area contributed by atoms with E-state index in [4.69, 9.17) is 4.74 Å². The smallest absolute Gasteiger partial charge is 0.328 e. The van der Waals surface area contributed by atoms with Gasteiger partial charge in [0.2, 0.25) is 5.91 Å². The van der Waals surface area contributed by atoms with Crippen molar-refractivity contribution >= 4 is 23.3 Å². The van der Waals surface area contributed by atoms with E-state index >= 15 is 0 Å². The van der Waals surface area contributed by atoms with Crippen LogP contribution in [0.4, 0.5) is 5.82 Å². The maximum atomic E-state index is 12.3. The van der Waals surface area contributed by atoms with Crippen molar-refractivity contribution in [3.8, 4) is 0 Å². The Morgan fingerprint density at radius 3 is 2.57 bits per heavy atom. The van der Waals surface area contributed by atoms with E-state index in [-0.39, 0.29) is 18.2 Å². The average molecular weight is 410 g/mol. The van der Waals surface area contributed by atoms with E-state index in [1.807, 2.05) is 56.3 Å². The molecule has 0 aliphatic heterocycles. The third kappa shape index (κ3) is 5.31. The van der Waals surface area contributed by atoms with Crippen molar-refractivity contribution in [3.05, 3.63) is 53.9 Å². The summed E-state index contributed by atoms with van der Waals surface area (Å²) in [5.74, 6) is 0.469. The second-order valence-corrected chi connectivity index (χ2v) is 7.26. The monoisotopic (exact) mass is 410 g/mol. The molecule has 0 fully saturated rings. The fourth-order valence-corrected chi connectivity index (χ4v) is 2.97. The molecule has 2 aromatic heterocycles. The van der Waals surface area contributed by atoms with Crippen molar-refractivity contribution in [2.75, 3.05) is 12.4 Å². The van der Waals surface area contributed by atoms with Gasteiger partial charge in [-0.1, -0.05) is 44.2 Å². The molecule has 0 saturated heterocycles. The second-order valence-electron chi connectivity index (χ2n) is 7.26. The lowest BCUT2D eigenvalue weighted by atomic mass is 10.0. The van der Waals surface area contributed by atoms with Crippen molar-refractivity contribution < 1.29 is 14.3 Å². The van der Waals surface area contributed by atoms with Crippen LogP contribution in [0, 0.1) is 5.92 Å². The number of rotatable bonds is 9. The molecule has 1 atom stereocenters. The van der Waals surface area contributed by atoms with Crippen molar-refractivity contribution in [3.63, 3.8) is 0 Å². The van der Waals surface area contributed by atoms with Crippen LogP contribution < -0.4 is 10.6 Å². The molecule has 158 valence electrons. The predicted molar refractivity (Wildman–Crippen MR) is 112 cm³/mol. The van der Waals surface area contributed by atoms with E-state index in [9.17, 15) is 9.59 Å². The minimum Gasteiger partial charge on any atom is -0.467 e. The summed E-state index contributed by atoms with van der Waals surface area (Å²) in [5.41, 5.74) is 1.75. The zero-order chi connectivity index (χ0) is 21.5. The first-order valence-electron chi connectivity index (χ1n) is 9.84. The first kappa shape index (κ1) is 21.2. The number of hydrogen-bond acceptors (Lipinski definition) is 7. The summed E-state index contributed by atoms with van der Waals surface area (Å²) in [5, 5.41) is 18.8. The third-order valence-electron chi connectivity index (χ3n) is 4.66. The van der Waals surface area contributed by atoms with E-state index in [2.05, 4.69) is 25.9 Å². The molecule has 1 aromatic carbocycles. The van der Waals surface area contributed by atoms with E-state index in [0.717, 1.165) is 5.56 Å². The highest BCUT2D eigenvalue weighted by atomic mass is 16.5. The molecule has 2 heterocycles. The Morgan fingerprint density at radius 1 is 1.10 bits per heavy atom. The number of nitrogens with zero attached hydrogens (tertiary/aromatic N) is 4. The molecule has 0 saturated carbocycles. The van der Waals surface area contributed by atoms with E-state index < -0.39 is 12.0 Å². The van der Waals surface area contributed by atoms with E-state index in [0.29, 0.717) is 30.3 Å². The Labute approximate surface area is 174 Å². The van der Waals surface area contributed by atoms with Gasteiger partial charge in [0.1, 0.15) is 11.9 Å². The molecule has 1 unspecified atom stereocenters. The molecule has 3 aromatic rings. The van der Waals surface area contributed by atoms with Gasteiger partial charge in [0, 0.05) is 19.4 Å². The van der Waals surface area contributed by atoms with Gasteiger partial charge in [-0.15, -0.1) is 15.3 Å². The van der Waals surface area contributed by atoms with Crippen LogP contribution in [0.3, 0.4) is 0 Å². The van der Waals surface area contributed by atoms with E-state index in [1.165, 1.54) is 7.11 Å². The summed E-state index contributed by atoms with van der Waals surface area (Å²) in [6.07, 6.45) is 0.498. The zero-order valence-electron chi connectivity index (χ0n) is 17.3. The topological polar surface area (TPSA) is 111 Å². The summed E-state index contributed by atoms with van der Waals surface area (Å²) in [7, 11) is 1.31. The van der Waals surface area contributed by atoms with Crippen LogP contribution >= 0.6 is 0 Å². The Hall–Kier alpha value is -3.49. The van der Waals surface area contributed by atoms with Crippen molar-refractivity contribution in [2.24, 2.45) is 5.92 Å². The third-order valence-corrected chi connectivity index (χ3v) is 4.66. The first-order chi connectivity index (χ1) is 14.5. The van der Waals surface area contributed by atoms with Crippen molar-refractivity contribution in [1.82, 2.24) is 25.1 Å². The van der Waals surface area contributed by atoms with Crippen LogP contribution in [0.5, 0.6) is 0 Å². The summed E-state index contributed by atoms with van der Waals surface area (Å²) < 4.78 is 6.38. The summed E-state index contributed by atoms with van der Waals surface area (Å²) >= 11 is 0. The fourth-order valence-electron chi connectivity index (χ4n) is 2.97. The van der Waals surface area contributed by atoms with Gasteiger partial charge in [0.05, 0.1) is 7.11 Å². The van der Waals surface area contributed by atoms with Crippen LogP contribution in [0.2, 0.25) is 0 Å². The number of hydrogen-bond donors (Lipinski definition) is 2. The zero-order valence-corrected chi connectivity index (χ0v) is 17.3. The van der Waals surface area contributed by atoms with Crippen LogP contribution in [0.15, 0.2) is 42.5 Å². The van der Waals surface area contributed by atoms with Crippen LogP contribution in [0.25, 0.3) is 5.65 Å². The predicted octanol–water partition coefficient (Wildman–Crippen LogP) is 1.98. The van der Waals surface area contributed by atoms with Crippen LogP contribution in [0.1, 0.15) is 31.7 Å². The summed E-state index contributed by atoms with van der Waals surface area (Å²) in [4.78, 5) is 24.1. The Balaban J connectivity index is 1.63. The lowest BCUT2D eigenvalue weighted by Gasteiger charge is -2.19. The molecule has 0 aliphatic carbocycles. The van der Waals surface area contributed by atoms with Gasteiger partial charge >= 0.3 is 5.97 Å². The summed E-state index contributed by atoms with van der Waals surface area (Å²) in [6, 6.07) is 13.0. The second kappa shape index (κ2) is 9.82. The first-order valence-corrected chi connectivity index (χ1v) is 9.84. The quantitative estimate of drug-likeness (QED) is 0.519. The molecule has 9 heteroatoms. The van der Waals surface area contributed by atoms with Gasteiger partial charge in [0.15, 0.2) is 11.5 Å². The molecule has 9 nitrogen and oxygen atoms in total. The SMILES string of the molecule is COC(=O)C(NC(=O)CCc1nnc2ccc(NCc3ccccc3)nn12)C(C)C. The number of fused-ring (bicyclic) bond motifs is 1. The van der Waals surface area contributed by atoms with E-state index in [1.54, 1.807) is 4.52 Å². The molecule has 0 bridgehead atoms. The van der Waals surface area contributed by atoms with Crippen molar-refractivity contribution in [1.29, 1.82) is 0 Å². The number of ether oxygens (including phenoxy) is 1. The number of carbonyl (C=O) groups excluding carboxylic acids is 2. The van der Waals surface area contributed by atoms with Crippen LogP contribution in [-0.4, -0.2) is 44.8 Å². The van der Waals surface area contributed by atoms with Gasteiger partial charge in [-0.05, 0) is 23.6 Å². The van der Waals surface area contributed by atoms with Gasteiger partial charge in [0.25, 0.3) is 0 Å². The maximum Gasteiger partial charge on any atom is 0.328 e. The molecule has 3 rings (SSSR count).